The van der Waals surface area contributed by atoms with Crippen LogP contribution in [0.1, 0.15) is 21.5 Å². The van der Waals surface area contributed by atoms with E-state index in [0.717, 1.165) is 11.1 Å². The second-order valence-electron chi connectivity index (χ2n) is 5.15. The van der Waals surface area contributed by atoms with E-state index in [2.05, 4.69) is 5.32 Å². The average Bonchev–Trinajstić information content (AvgIpc) is 2.59. The van der Waals surface area contributed by atoms with Gasteiger partial charge in [-0.2, -0.15) is 0 Å². The molecule has 0 aliphatic carbocycles. The lowest BCUT2D eigenvalue weighted by Crippen LogP contribution is -2.23. The average molecular weight is 346 g/mol. The van der Waals surface area contributed by atoms with Crippen LogP contribution >= 0.6 is 11.8 Å². The number of nitrogens with zero attached hydrogens (tertiary/aromatic N) is 1. The number of hydrogen-bond donors (Lipinski definition) is 1. The van der Waals surface area contributed by atoms with Gasteiger partial charge in [-0.05, 0) is 24.8 Å². The van der Waals surface area contributed by atoms with Gasteiger partial charge < -0.3 is 10.1 Å². The molecule has 0 aliphatic rings. The number of benzene rings is 2. The minimum absolute atomic E-state index is 0.0252. The highest BCUT2D eigenvalue weighted by Crippen LogP contribution is 2.34. The molecule has 0 aliphatic heterocycles. The summed E-state index contributed by atoms with van der Waals surface area (Å²) in [5, 5.41) is 14.0. The molecule has 0 saturated heterocycles. The van der Waals surface area contributed by atoms with Crippen LogP contribution in [-0.2, 0) is 6.54 Å². The zero-order chi connectivity index (χ0) is 17.7. The fourth-order valence-corrected chi connectivity index (χ4v) is 2.76. The summed E-state index contributed by atoms with van der Waals surface area (Å²) < 4.78 is 5.15. The molecule has 2 aromatic rings. The third-order valence-electron chi connectivity index (χ3n) is 3.52. The van der Waals surface area contributed by atoms with Crippen molar-refractivity contribution in [1.82, 2.24) is 5.32 Å². The van der Waals surface area contributed by atoms with Crippen LogP contribution in [0.5, 0.6) is 5.75 Å². The second kappa shape index (κ2) is 7.83. The number of amides is 1. The lowest BCUT2D eigenvalue weighted by molar-refractivity contribution is -0.385. The van der Waals surface area contributed by atoms with Crippen LogP contribution in [0.2, 0.25) is 0 Å². The minimum Gasteiger partial charge on any atom is -0.495 e. The monoisotopic (exact) mass is 346 g/mol. The minimum atomic E-state index is -0.576. The van der Waals surface area contributed by atoms with E-state index in [9.17, 15) is 14.9 Å². The number of methoxy groups -OCH3 is 1. The highest BCUT2D eigenvalue weighted by Gasteiger charge is 2.23. The number of hydrogen-bond acceptors (Lipinski definition) is 5. The number of carbonyl (C=O) groups is 1. The van der Waals surface area contributed by atoms with Gasteiger partial charge in [0.2, 0.25) is 0 Å². The van der Waals surface area contributed by atoms with Crippen LogP contribution < -0.4 is 10.1 Å². The molecule has 0 heterocycles. The molecule has 0 saturated carbocycles. The standard InChI is InChI=1S/C17H18N2O4S/c1-11-4-6-12(7-5-11)10-18-17(20)13-8-16(24-3)15(23-2)9-14(13)19(21)22/h4-9H,10H2,1-3H3,(H,18,20). The number of ether oxygens (including phenoxy) is 1. The van der Waals surface area contributed by atoms with Gasteiger partial charge in [0.25, 0.3) is 11.6 Å². The van der Waals surface area contributed by atoms with Gasteiger partial charge in [0.1, 0.15) is 11.3 Å². The Morgan fingerprint density at radius 2 is 1.96 bits per heavy atom. The first-order valence-corrected chi connectivity index (χ1v) is 8.43. The fourth-order valence-electron chi connectivity index (χ4n) is 2.18. The highest BCUT2D eigenvalue weighted by molar-refractivity contribution is 7.98. The third kappa shape index (κ3) is 4.05. The van der Waals surface area contributed by atoms with Crippen molar-refractivity contribution in [1.29, 1.82) is 0 Å². The Hall–Kier alpha value is -2.54. The predicted molar refractivity (Wildman–Crippen MR) is 93.8 cm³/mol. The van der Waals surface area contributed by atoms with Gasteiger partial charge in [-0.1, -0.05) is 29.8 Å². The zero-order valence-electron chi connectivity index (χ0n) is 13.7. The molecule has 0 bridgehead atoms. The van der Waals surface area contributed by atoms with E-state index in [-0.39, 0.29) is 11.3 Å². The van der Waals surface area contributed by atoms with Gasteiger partial charge in [0, 0.05) is 6.54 Å². The number of nitro benzene ring substituents is 1. The molecule has 0 radical (unpaired) electrons. The van der Waals surface area contributed by atoms with Crippen molar-refractivity contribution >= 4 is 23.4 Å². The van der Waals surface area contributed by atoms with E-state index >= 15 is 0 Å². The molecule has 0 fully saturated rings. The lowest BCUT2D eigenvalue weighted by atomic mass is 10.1. The normalized spacial score (nSPS) is 10.3. The molecular weight excluding hydrogens is 328 g/mol. The van der Waals surface area contributed by atoms with Gasteiger partial charge in [-0.15, -0.1) is 11.8 Å². The van der Waals surface area contributed by atoms with Crippen LogP contribution in [0.3, 0.4) is 0 Å². The van der Waals surface area contributed by atoms with Crippen LogP contribution in [0.15, 0.2) is 41.3 Å². The quantitative estimate of drug-likeness (QED) is 0.491. The van der Waals surface area contributed by atoms with Crippen molar-refractivity contribution in [2.24, 2.45) is 0 Å². The zero-order valence-corrected chi connectivity index (χ0v) is 14.5. The Bertz CT molecular complexity index is 760. The van der Waals surface area contributed by atoms with Crippen LogP contribution in [0.25, 0.3) is 0 Å². The number of nitrogens with one attached hydrogen (secondary N) is 1. The Balaban J connectivity index is 2.26. The topological polar surface area (TPSA) is 81.5 Å². The van der Waals surface area contributed by atoms with E-state index < -0.39 is 10.8 Å². The summed E-state index contributed by atoms with van der Waals surface area (Å²) in [6, 6.07) is 10.5. The van der Waals surface area contributed by atoms with Crippen molar-refractivity contribution in [3.8, 4) is 5.75 Å². The summed E-state index contributed by atoms with van der Waals surface area (Å²) in [4.78, 5) is 23.8. The number of carbonyl (C=O) groups excluding carboxylic acids is 1. The molecule has 2 aromatic carbocycles. The summed E-state index contributed by atoms with van der Waals surface area (Å²) in [5.74, 6) is -0.107. The van der Waals surface area contributed by atoms with E-state index in [4.69, 9.17) is 4.74 Å². The molecule has 0 aromatic heterocycles. The van der Waals surface area contributed by atoms with E-state index in [1.165, 1.54) is 31.0 Å². The van der Waals surface area contributed by atoms with Crippen molar-refractivity contribution in [2.45, 2.75) is 18.4 Å². The van der Waals surface area contributed by atoms with E-state index in [0.29, 0.717) is 17.2 Å². The van der Waals surface area contributed by atoms with Crippen molar-refractivity contribution in [3.05, 3.63) is 63.2 Å². The maximum atomic E-state index is 12.4. The molecule has 2 rings (SSSR count). The summed E-state index contributed by atoms with van der Waals surface area (Å²) >= 11 is 1.36. The van der Waals surface area contributed by atoms with Crippen molar-refractivity contribution in [3.63, 3.8) is 0 Å². The number of aryl methyl sites for hydroxylation is 1. The SMILES string of the molecule is COc1cc([N+](=O)[O-])c(C(=O)NCc2ccc(C)cc2)cc1SC. The maximum Gasteiger partial charge on any atom is 0.285 e. The van der Waals surface area contributed by atoms with Gasteiger partial charge in [0.15, 0.2) is 0 Å². The second-order valence-corrected chi connectivity index (χ2v) is 6.00. The number of rotatable bonds is 6. The first-order chi connectivity index (χ1) is 11.5. The predicted octanol–water partition coefficient (Wildman–Crippen LogP) is 3.56. The molecule has 0 spiro atoms. The number of nitro groups is 1. The molecule has 126 valence electrons. The molecule has 0 atom stereocenters. The first-order valence-electron chi connectivity index (χ1n) is 7.20. The van der Waals surface area contributed by atoms with Crippen molar-refractivity contribution in [2.75, 3.05) is 13.4 Å². The van der Waals surface area contributed by atoms with Crippen LogP contribution in [0.4, 0.5) is 5.69 Å². The summed E-state index contributed by atoms with van der Waals surface area (Å²) in [5.41, 5.74) is 1.80. The number of thioether (sulfide) groups is 1. The van der Waals surface area contributed by atoms with E-state index in [1.807, 2.05) is 37.4 Å². The van der Waals surface area contributed by atoms with Gasteiger partial charge >= 0.3 is 0 Å². The summed E-state index contributed by atoms with van der Waals surface area (Å²) in [7, 11) is 1.44. The Labute approximate surface area is 144 Å². The largest absolute Gasteiger partial charge is 0.495 e. The van der Waals surface area contributed by atoms with E-state index in [1.54, 1.807) is 0 Å². The molecule has 24 heavy (non-hydrogen) atoms. The van der Waals surface area contributed by atoms with Gasteiger partial charge in [-0.25, -0.2) is 0 Å². The molecule has 1 N–H and O–H groups in total. The van der Waals surface area contributed by atoms with Crippen LogP contribution in [0, 0.1) is 17.0 Å². The van der Waals surface area contributed by atoms with Gasteiger partial charge in [-0.3, -0.25) is 14.9 Å². The molecule has 7 heteroatoms. The maximum absolute atomic E-state index is 12.4. The van der Waals surface area contributed by atoms with Gasteiger partial charge in [0.05, 0.1) is 23.0 Å². The lowest BCUT2D eigenvalue weighted by Gasteiger charge is -2.10. The smallest absolute Gasteiger partial charge is 0.285 e. The Morgan fingerprint density at radius 3 is 2.50 bits per heavy atom. The molecule has 1 amide bonds. The Kier molecular flexibility index (Phi) is 5.81. The first kappa shape index (κ1) is 17.8. The van der Waals surface area contributed by atoms with Crippen LogP contribution in [-0.4, -0.2) is 24.2 Å². The molecular formula is C17H18N2O4S. The third-order valence-corrected chi connectivity index (χ3v) is 4.28. The molecule has 0 unspecified atom stereocenters. The highest BCUT2D eigenvalue weighted by atomic mass is 32.2. The fraction of sp³-hybridized carbons (Fsp3) is 0.235. The Morgan fingerprint density at radius 1 is 1.29 bits per heavy atom. The summed E-state index contributed by atoms with van der Waals surface area (Å²) in [6.45, 7) is 2.28. The van der Waals surface area contributed by atoms with Crippen molar-refractivity contribution < 1.29 is 14.5 Å². The summed E-state index contributed by atoms with van der Waals surface area (Å²) in [6.07, 6.45) is 1.82. The molecule has 6 nitrogen and oxygen atoms in total.